The predicted octanol–water partition coefficient (Wildman–Crippen LogP) is 1.03. The van der Waals surface area contributed by atoms with Gasteiger partial charge in [0, 0.05) is 6.42 Å². The van der Waals surface area contributed by atoms with Gasteiger partial charge in [-0.05, 0) is 25.7 Å². The highest BCUT2D eigenvalue weighted by Crippen LogP contribution is 2.15. The Kier molecular flexibility index (Phi) is 5.69. The van der Waals surface area contributed by atoms with Crippen LogP contribution in [0.4, 0.5) is 0 Å². The molecule has 1 heterocycles. The minimum absolute atomic E-state index is 0.245. The number of carboxylic acid groups (broad SMARTS) is 1. The van der Waals surface area contributed by atoms with Crippen molar-refractivity contribution in [3.8, 4) is 0 Å². The standard InChI is InChI=1S/C12H21N3O2/c13-10(12(16)17)7-3-1-5-9-6-2-4-8-11(14)15-9/h1,3,9-10H,2,4-8,13H2,(H2,14,15)(H,16,17)/b3-1-/t9-,10+/m1/s1. The Morgan fingerprint density at radius 3 is 3.00 bits per heavy atom. The number of hydrogen-bond acceptors (Lipinski definition) is 4. The number of carboxylic acids is 1. The molecule has 1 rings (SSSR count). The van der Waals surface area contributed by atoms with E-state index in [9.17, 15) is 4.79 Å². The molecular weight excluding hydrogens is 218 g/mol. The first kappa shape index (κ1) is 13.7. The number of aliphatic imine (C=N–C) groups is 1. The Labute approximate surface area is 102 Å². The Bertz CT molecular complexity index is 313. The maximum atomic E-state index is 10.5. The van der Waals surface area contributed by atoms with Gasteiger partial charge in [0.15, 0.2) is 0 Å². The normalized spacial score (nSPS) is 23.1. The summed E-state index contributed by atoms with van der Waals surface area (Å²) in [6, 6.07) is -0.566. The van der Waals surface area contributed by atoms with E-state index in [0.29, 0.717) is 6.42 Å². The lowest BCUT2D eigenvalue weighted by atomic mass is 10.1. The number of nitrogens with zero attached hydrogens (tertiary/aromatic N) is 1. The molecule has 17 heavy (non-hydrogen) atoms. The molecule has 2 atom stereocenters. The molecule has 0 aromatic carbocycles. The van der Waals surface area contributed by atoms with Crippen LogP contribution >= 0.6 is 0 Å². The summed E-state index contributed by atoms with van der Waals surface area (Å²) in [5.74, 6) is -0.227. The van der Waals surface area contributed by atoms with E-state index >= 15 is 0 Å². The van der Waals surface area contributed by atoms with Crippen molar-refractivity contribution >= 4 is 11.8 Å². The van der Waals surface area contributed by atoms with Crippen LogP contribution in [-0.4, -0.2) is 29.0 Å². The first-order valence-electron chi connectivity index (χ1n) is 6.05. The van der Waals surface area contributed by atoms with Gasteiger partial charge in [0.2, 0.25) is 0 Å². The van der Waals surface area contributed by atoms with Crippen LogP contribution in [0.2, 0.25) is 0 Å². The predicted molar refractivity (Wildman–Crippen MR) is 67.9 cm³/mol. The summed E-state index contributed by atoms with van der Waals surface area (Å²) in [5.41, 5.74) is 11.1. The molecule has 0 aromatic heterocycles. The molecule has 0 bridgehead atoms. The summed E-state index contributed by atoms with van der Waals surface area (Å²) in [7, 11) is 0. The third-order valence-electron chi connectivity index (χ3n) is 2.85. The zero-order valence-corrected chi connectivity index (χ0v) is 10.0. The number of hydrogen-bond donors (Lipinski definition) is 3. The largest absolute Gasteiger partial charge is 0.480 e. The maximum Gasteiger partial charge on any atom is 0.320 e. The smallest absolute Gasteiger partial charge is 0.320 e. The highest BCUT2D eigenvalue weighted by molar-refractivity contribution is 5.80. The lowest BCUT2D eigenvalue weighted by molar-refractivity contribution is -0.138. The quantitative estimate of drug-likeness (QED) is 0.624. The molecule has 0 spiro atoms. The summed E-state index contributed by atoms with van der Waals surface area (Å²) < 4.78 is 0. The molecule has 0 saturated carbocycles. The van der Waals surface area contributed by atoms with E-state index in [0.717, 1.165) is 37.9 Å². The van der Waals surface area contributed by atoms with Gasteiger partial charge in [-0.25, -0.2) is 0 Å². The summed E-state index contributed by atoms with van der Waals surface area (Å²) >= 11 is 0. The highest BCUT2D eigenvalue weighted by Gasteiger charge is 2.11. The van der Waals surface area contributed by atoms with Crippen molar-refractivity contribution in [2.45, 2.75) is 50.6 Å². The van der Waals surface area contributed by atoms with Gasteiger partial charge in [-0.3, -0.25) is 9.79 Å². The Hall–Kier alpha value is -1.36. The summed E-state index contributed by atoms with van der Waals surface area (Å²) in [6.45, 7) is 0. The molecule has 1 aliphatic heterocycles. The van der Waals surface area contributed by atoms with Crippen molar-refractivity contribution in [2.24, 2.45) is 16.5 Å². The van der Waals surface area contributed by atoms with Gasteiger partial charge in [-0.2, -0.15) is 0 Å². The van der Waals surface area contributed by atoms with Crippen LogP contribution in [0.1, 0.15) is 38.5 Å². The van der Waals surface area contributed by atoms with Crippen LogP contribution in [-0.2, 0) is 4.79 Å². The second kappa shape index (κ2) is 7.06. The molecule has 1 aliphatic rings. The van der Waals surface area contributed by atoms with Crippen molar-refractivity contribution in [2.75, 3.05) is 0 Å². The molecule has 5 nitrogen and oxygen atoms in total. The molecule has 0 unspecified atom stereocenters. The molecule has 0 amide bonds. The zero-order valence-electron chi connectivity index (χ0n) is 10.0. The molecular formula is C12H21N3O2. The van der Waals surface area contributed by atoms with E-state index in [1.165, 1.54) is 0 Å². The van der Waals surface area contributed by atoms with Gasteiger partial charge in [0.05, 0.1) is 11.9 Å². The molecule has 0 radical (unpaired) electrons. The van der Waals surface area contributed by atoms with E-state index in [-0.39, 0.29) is 6.04 Å². The lowest BCUT2D eigenvalue weighted by Gasteiger charge is -2.07. The highest BCUT2D eigenvalue weighted by atomic mass is 16.4. The van der Waals surface area contributed by atoms with Crippen LogP contribution in [0.15, 0.2) is 17.1 Å². The van der Waals surface area contributed by atoms with Crippen molar-refractivity contribution in [1.82, 2.24) is 0 Å². The second-order valence-electron chi connectivity index (χ2n) is 4.41. The second-order valence-corrected chi connectivity index (χ2v) is 4.41. The fourth-order valence-corrected chi connectivity index (χ4v) is 1.82. The summed E-state index contributed by atoms with van der Waals surface area (Å²) in [6.07, 6.45) is 9.15. The van der Waals surface area contributed by atoms with Gasteiger partial charge in [-0.1, -0.05) is 18.6 Å². The van der Waals surface area contributed by atoms with Crippen LogP contribution in [0.5, 0.6) is 0 Å². The van der Waals surface area contributed by atoms with E-state index in [2.05, 4.69) is 4.99 Å². The van der Waals surface area contributed by atoms with Crippen molar-refractivity contribution in [3.05, 3.63) is 12.2 Å². The summed E-state index contributed by atoms with van der Waals surface area (Å²) in [4.78, 5) is 14.9. The Morgan fingerprint density at radius 1 is 1.53 bits per heavy atom. The van der Waals surface area contributed by atoms with E-state index in [1.54, 1.807) is 0 Å². The number of nitrogens with two attached hydrogens (primary N) is 2. The Balaban J connectivity index is 2.31. The van der Waals surface area contributed by atoms with Gasteiger partial charge in [0.1, 0.15) is 6.04 Å². The van der Waals surface area contributed by atoms with Crippen LogP contribution in [0.25, 0.3) is 0 Å². The van der Waals surface area contributed by atoms with Crippen molar-refractivity contribution < 1.29 is 9.90 Å². The number of rotatable bonds is 5. The summed E-state index contributed by atoms with van der Waals surface area (Å²) in [5, 5.41) is 8.60. The zero-order chi connectivity index (χ0) is 12.7. The average Bonchev–Trinajstić information content (AvgIpc) is 2.48. The lowest BCUT2D eigenvalue weighted by Crippen LogP contribution is -2.29. The number of carbonyl (C=O) groups is 1. The first-order valence-corrected chi connectivity index (χ1v) is 6.05. The van der Waals surface area contributed by atoms with Gasteiger partial charge < -0.3 is 16.6 Å². The van der Waals surface area contributed by atoms with Crippen LogP contribution < -0.4 is 11.5 Å². The van der Waals surface area contributed by atoms with Crippen molar-refractivity contribution in [1.29, 1.82) is 0 Å². The molecule has 0 aromatic rings. The average molecular weight is 239 g/mol. The van der Waals surface area contributed by atoms with Gasteiger partial charge in [0.25, 0.3) is 0 Å². The molecule has 0 saturated heterocycles. The SMILES string of the molecule is NC1=N[C@H](C/C=C\C[C@H](N)C(=O)O)CCCC1. The topological polar surface area (TPSA) is 102 Å². The molecule has 0 fully saturated rings. The monoisotopic (exact) mass is 239 g/mol. The van der Waals surface area contributed by atoms with E-state index in [4.69, 9.17) is 16.6 Å². The molecule has 5 heteroatoms. The van der Waals surface area contributed by atoms with Gasteiger partial charge >= 0.3 is 5.97 Å². The van der Waals surface area contributed by atoms with E-state index < -0.39 is 12.0 Å². The van der Waals surface area contributed by atoms with Crippen LogP contribution in [0.3, 0.4) is 0 Å². The first-order chi connectivity index (χ1) is 8.09. The minimum Gasteiger partial charge on any atom is -0.480 e. The molecule has 0 aliphatic carbocycles. The maximum absolute atomic E-state index is 10.5. The number of amidine groups is 1. The fraction of sp³-hybridized carbons (Fsp3) is 0.667. The molecule has 5 N–H and O–H groups in total. The van der Waals surface area contributed by atoms with Crippen LogP contribution in [0, 0.1) is 0 Å². The van der Waals surface area contributed by atoms with Crippen molar-refractivity contribution in [3.63, 3.8) is 0 Å². The third-order valence-corrected chi connectivity index (χ3v) is 2.85. The molecule has 96 valence electrons. The number of aliphatic carboxylic acids is 1. The minimum atomic E-state index is -0.966. The van der Waals surface area contributed by atoms with Gasteiger partial charge in [-0.15, -0.1) is 0 Å². The Morgan fingerprint density at radius 2 is 2.29 bits per heavy atom. The fourth-order valence-electron chi connectivity index (χ4n) is 1.82. The third kappa shape index (κ3) is 5.49. The van der Waals surface area contributed by atoms with E-state index in [1.807, 2.05) is 12.2 Å².